The SMILES string of the molecule is C/C=C/CCC1CCC(C2CCC(/C=C/C)CC2)CC1. The second-order valence-electron chi connectivity index (χ2n) is 7.13. The van der Waals surface area contributed by atoms with Crippen LogP contribution in [0, 0.1) is 23.7 Å². The van der Waals surface area contributed by atoms with Crippen molar-refractivity contribution in [3.8, 4) is 0 Å². The molecule has 0 bridgehead atoms. The Morgan fingerprint density at radius 1 is 0.750 bits per heavy atom. The first-order chi connectivity index (χ1) is 9.83. The van der Waals surface area contributed by atoms with E-state index in [1.54, 1.807) is 0 Å². The largest absolute Gasteiger partial charge is 0.0917 e. The van der Waals surface area contributed by atoms with Crippen LogP contribution in [0.5, 0.6) is 0 Å². The molecule has 0 atom stereocenters. The Balaban J connectivity index is 1.67. The first kappa shape index (κ1) is 15.9. The molecule has 0 N–H and O–H groups in total. The molecular weight excluding hydrogens is 240 g/mol. The quantitative estimate of drug-likeness (QED) is 0.500. The molecule has 0 amide bonds. The average molecular weight is 274 g/mol. The van der Waals surface area contributed by atoms with Gasteiger partial charge in [0.1, 0.15) is 0 Å². The van der Waals surface area contributed by atoms with Crippen molar-refractivity contribution in [1.82, 2.24) is 0 Å². The molecule has 2 aliphatic rings. The van der Waals surface area contributed by atoms with Gasteiger partial charge >= 0.3 is 0 Å². The second kappa shape index (κ2) is 8.70. The van der Waals surface area contributed by atoms with Crippen LogP contribution in [-0.4, -0.2) is 0 Å². The van der Waals surface area contributed by atoms with Gasteiger partial charge in [-0.15, -0.1) is 0 Å². The van der Waals surface area contributed by atoms with E-state index in [0.717, 1.165) is 23.7 Å². The molecule has 0 saturated heterocycles. The summed E-state index contributed by atoms with van der Waals surface area (Å²) >= 11 is 0. The van der Waals surface area contributed by atoms with E-state index in [-0.39, 0.29) is 0 Å². The number of rotatable bonds is 5. The Morgan fingerprint density at radius 2 is 1.35 bits per heavy atom. The molecule has 0 radical (unpaired) electrons. The molecule has 0 heteroatoms. The summed E-state index contributed by atoms with van der Waals surface area (Å²) in [5.41, 5.74) is 0. The fraction of sp³-hybridized carbons (Fsp3) is 0.800. The molecule has 2 aliphatic carbocycles. The van der Waals surface area contributed by atoms with Gasteiger partial charge in [0.15, 0.2) is 0 Å². The van der Waals surface area contributed by atoms with Crippen LogP contribution in [0.25, 0.3) is 0 Å². The molecule has 2 saturated carbocycles. The summed E-state index contributed by atoms with van der Waals surface area (Å²) in [4.78, 5) is 0. The van der Waals surface area contributed by atoms with Gasteiger partial charge in [0, 0.05) is 0 Å². The van der Waals surface area contributed by atoms with Crippen molar-refractivity contribution in [1.29, 1.82) is 0 Å². The molecular formula is C20H34. The monoisotopic (exact) mass is 274 g/mol. The molecule has 2 fully saturated rings. The summed E-state index contributed by atoms with van der Waals surface area (Å²) in [5.74, 6) is 4.06. The lowest BCUT2D eigenvalue weighted by atomic mass is 9.68. The molecule has 0 spiro atoms. The van der Waals surface area contributed by atoms with Crippen LogP contribution < -0.4 is 0 Å². The highest BCUT2D eigenvalue weighted by molar-refractivity contribution is 4.91. The molecule has 0 aromatic heterocycles. The maximum atomic E-state index is 2.44. The van der Waals surface area contributed by atoms with E-state index in [1.807, 2.05) is 0 Å². The highest BCUT2D eigenvalue weighted by atomic mass is 14.3. The Morgan fingerprint density at radius 3 is 1.90 bits per heavy atom. The molecule has 0 aliphatic heterocycles. The zero-order valence-electron chi connectivity index (χ0n) is 13.7. The predicted octanol–water partition coefficient (Wildman–Crippen LogP) is 6.53. The van der Waals surface area contributed by atoms with Crippen molar-refractivity contribution in [3.63, 3.8) is 0 Å². The van der Waals surface area contributed by atoms with E-state index in [9.17, 15) is 0 Å². The van der Waals surface area contributed by atoms with Crippen molar-refractivity contribution >= 4 is 0 Å². The van der Waals surface area contributed by atoms with Crippen LogP contribution in [0.4, 0.5) is 0 Å². The van der Waals surface area contributed by atoms with Crippen LogP contribution in [0.2, 0.25) is 0 Å². The van der Waals surface area contributed by atoms with Crippen LogP contribution >= 0.6 is 0 Å². The zero-order chi connectivity index (χ0) is 14.2. The smallest absolute Gasteiger partial charge is 0.0233 e. The molecule has 2 rings (SSSR count). The van der Waals surface area contributed by atoms with Gasteiger partial charge in [0.05, 0.1) is 0 Å². The third-order valence-electron chi connectivity index (χ3n) is 5.82. The van der Waals surface area contributed by atoms with Crippen molar-refractivity contribution < 1.29 is 0 Å². The first-order valence-electron chi connectivity index (χ1n) is 9.07. The molecule has 20 heavy (non-hydrogen) atoms. The fourth-order valence-corrected chi connectivity index (χ4v) is 4.53. The molecule has 0 aromatic rings. The minimum Gasteiger partial charge on any atom is -0.0917 e. The summed E-state index contributed by atoms with van der Waals surface area (Å²) in [7, 11) is 0. The number of hydrogen-bond acceptors (Lipinski definition) is 0. The van der Waals surface area contributed by atoms with Crippen molar-refractivity contribution in [2.24, 2.45) is 23.7 Å². The van der Waals surface area contributed by atoms with Crippen LogP contribution in [0.3, 0.4) is 0 Å². The summed E-state index contributed by atoms with van der Waals surface area (Å²) in [6, 6.07) is 0. The third-order valence-corrected chi connectivity index (χ3v) is 5.82. The predicted molar refractivity (Wildman–Crippen MR) is 89.8 cm³/mol. The van der Waals surface area contributed by atoms with E-state index < -0.39 is 0 Å². The minimum atomic E-state index is 0.897. The average Bonchev–Trinajstić information content (AvgIpc) is 2.49. The maximum Gasteiger partial charge on any atom is -0.0233 e. The van der Waals surface area contributed by atoms with Crippen molar-refractivity contribution in [3.05, 3.63) is 24.3 Å². The lowest BCUT2D eigenvalue weighted by molar-refractivity contribution is 0.153. The highest BCUT2D eigenvalue weighted by Crippen LogP contribution is 2.42. The molecule has 0 nitrogen and oxygen atoms in total. The third kappa shape index (κ3) is 4.79. The standard InChI is InChI=1S/C20H34/c1-3-5-6-8-18-11-15-20(16-12-18)19-13-9-17(7-4-2)10-14-19/h3-5,7,17-20H,6,8-16H2,1-2H3/b5-3+,7-4+. The Kier molecular flexibility index (Phi) is 6.90. The van der Waals surface area contributed by atoms with Gasteiger partial charge in [0.25, 0.3) is 0 Å². The fourth-order valence-electron chi connectivity index (χ4n) is 4.53. The van der Waals surface area contributed by atoms with Gasteiger partial charge in [-0.2, -0.15) is 0 Å². The highest BCUT2D eigenvalue weighted by Gasteiger charge is 2.29. The van der Waals surface area contributed by atoms with E-state index >= 15 is 0 Å². The maximum absolute atomic E-state index is 2.44. The van der Waals surface area contributed by atoms with Gasteiger partial charge in [-0.05, 0) is 88.9 Å². The van der Waals surface area contributed by atoms with Crippen LogP contribution in [-0.2, 0) is 0 Å². The van der Waals surface area contributed by atoms with E-state index in [0.29, 0.717) is 0 Å². The topological polar surface area (TPSA) is 0 Å². The lowest BCUT2D eigenvalue weighted by Gasteiger charge is -2.37. The zero-order valence-corrected chi connectivity index (χ0v) is 13.7. The summed E-state index contributed by atoms with van der Waals surface area (Å²) in [5, 5.41) is 0. The van der Waals surface area contributed by atoms with Crippen molar-refractivity contribution in [2.75, 3.05) is 0 Å². The summed E-state index contributed by atoms with van der Waals surface area (Å²) in [6.45, 7) is 4.31. The number of allylic oxidation sites excluding steroid dienone is 4. The summed E-state index contributed by atoms with van der Waals surface area (Å²) in [6.07, 6.45) is 24.0. The van der Waals surface area contributed by atoms with Gasteiger partial charge in [-0.25, -0.2) is 0 Å². The summed E-state index contributed by atoms with van der Waals surface area (Å²) < 4.78 is 0. The van der Waals surface area contributed by atoms with Crippen molar-refractivity contribution in [2.45, 2.75) is 78.1 Å². The minimum absolute atomic E-state index is 0.897. The van der Waals surface area contributed by atoms with Gasteiger partial charge in [0.2, 0.25) is 0 Å². The Bertz CT molecular complexity index is 296. The molecule has 114 valence electrons. The van der Waals surface area contributed by atoms with Crippen LogP contribution in [0.1, 0.15) is 78.1 Å². The Hall–Kier alpha value is -0.520. The van der Waals surface area contributed by atoms with Gasteiger partial charge in [-0.3, -0.25) is 0 Å². The normalized spacial score (nSPS) is 35.9. The van der Waals surface area contributed by atoms with Gasteiger partial charge in [-0.1, -0.05) is 37.1 Å². The second-order valence-corrected chi connectivity index (χ2v) is 7.13. The lowest BCUT2D eigenvalue weighted by Crippen LogP contribution is -2.25. The van der Waals surface area contributed by atoms with Gasteiger partial charge < -0.3 is 0 Å². The number of hydrogen-bond donors (Lipinski definition) is 0. The first-order valence-corrected chi connectivity index (χ1v) is 9.07. The van der Waals surface area contributed by atoms with E-state index in [1.165, 1.54) is 64.2 Å². The van der Waals surface area contributed by atoms with E-state index in [2.05, 4.69) is 38.2 Å². The van der Waals surface area contributed by atoms with Crippen LogP contribution in [0.15, 0.2) is 24.3 Å². The molecule has 0 heterocycles. The van der Waals surface area contributed by atoms with E-state index in [4.69, 9.17) is 0 Å². The molecule has 0 unspecified atom stereocenters. The Labute approximate surface area is 126 Å². The molecule has 0 aromatic carbocycles.